The number of rotatable bonds is 2. The first-order valence-electron chi connectivity index (χ1n) is 7.26. The minimum absolute atomic E-state index is 0.160. The number of fused-ring (bicyclic) bond motifs is 1. The van der Waals surface area contributed by atoms with Gasteiger partial charge in [-0.3, -0.25) is 4.79 Å². The van der Waals surface area contributed by atoms with Crippen LogP contribution >= 0.6 is 0 Å². The fourth-order valence-corrected chi connectivity index (χ4v) is 2.75. The predicted molar refractivity (Wildman–Crippen MR) is 77.7 cm³/mol. The van der Waals surface area contributed by atoms with Crippen molar-refractivity contribution < 1.29 is 29.3 Å². The summed E-state index contributed by atoms with van der Waals surface area (Å²) in [6, 6.07) is 8.33. The molecule has 1 amide bonds. The molecule has 1 aromatic rings. The number of nitrogens with one attached hydrogen (secondary N) is 1. The van der Waals surface area contributed by atoms with Crippen molar-refractivity contribution in [2.75, 3.05) is 6.61 Å². The van der Waals surface area contributed by atoms with Crippen molar-refractivity contribution >= 4 is 11.8 Å². The number of ether oxygens (including phenoxy) is 3. The fraction of sp³-hybridized carbons (Fsp3) is 0.467. The molecular weight excluding hydrogens is 304 g/mol. The van der Waals surface area contributed by atoms with Gasteiger partial charge in [0.05, 0.1) is 6.61 Å². The average Bonchev–Trinajstić information content (AvgIpc) is 2.57. The SMILES string of the molecule is CC(=O)N[C@H]1/C(=N/O)O[C@@H]2CO[C@@H](c3ccccc3)O[C@H]2[C@@H]1O. The Labute approximate surface area is 132 Å². The zero-order valence-corrected chi connectivity index (χ0v) is 12.5. The molecule has 124 valence electrons. The van der Waals surface area contributed by atoms with Gasteiger partial charge in [0.2, 0.25) is 5.91 Å². The molecule has 2 fully saturated rings. The number of carbonyl (C=O) groups excluding carboxylic acids is 1. The number of aliphatic hydroxyl groups is 1. The number of hydrogen-bond donors (Lipinski definition) is 3. The Morgan fingerprint density at radius 2 is 2.09 bits per heavy atom. The van der Waals surface area contributed by atoms with Crippen molar-refractivity contribution in [1.82, 2.24) is 5.32 Å². The number of aliphatic hydroxyl groups excluding tert-OH is 1. The van der Waals surface area contributed by atoms with Gasteiger partial charge in [0.25, 0.3) is 5.90 Å². The number of benzene rings is 1. The number of amides is 1. The predicted octanol–water partition coefficient (Wildman–Crippen LogP) is 0.153. The van der Waals surface area contributed by atoms with E-state index >= 15 is 0 Å². The number of carbonyl (C=O) groups is 1. The first-order valence-corrected chi connectivity index (χ1v) is 7.26. The van der Waals surface area contributed by atoms with Gasteiger partial charge in [-0.15, -0.1) is 0 Å². The van der Waals surface area contributed by atoms with Crippen LogP contribution in [-0.4, -0.2) is 53.1 Å². The van der Waals surface area contributed by atoms with Gasteiger partial charge in [-0.1, -0.05) is 35.5 Å². The van der Waals surface area contributed by atoms with Crippen molar-refractivity contribution in [2.24, 2.45) is 5.16 Å². The zero-order valence-electron chi connectivity index (χ0n) is 12.5. The molecule has 5 atom stereocenters. The van der Waals surface area contributed by atoms with Gasteiger partial charge in [0, 0.05) is 12.5 Å². The van der Waals surface area contributed by atoms with Crippen LogP contribution in [0.5, 0.6) is 0 Å². The van der Waals surface area contributed by atoms with Crippen LogP contribution in [0.4, 0.5) is 0 Å². The quantitative estimate of drug-likeness (QED) is 0.528. The molecule has 0 spiro atoms. The molecule has 2 aliphatic rings. The van der Waals surface area contributed by atoms with Gasteiger partial charge in [0.15, 0.2) is 12.4 Å². The highest BCUT2D eigenvalue weighted by Gasteiger charge is 2.49. The lowest BCUT2D eigenvalue weighted by Crippen LogP contribution is -2.64. The molecule has 0 saturated carbocycles. The third-order valence-corrected chi connectivity index (χ3v) is 3.80. The third kappa shape index (κ3) is 3.14. The van der Waals surface area contributed by atoms with E-state index in [1.54, 1.807) is 0 Å². The van der Waals surface area contributed by atoms with Crippen molar-refractivity contribution in [3.05, 3.63) is 35.9 Å². The molecule has 2 saturated heterocycles. The standard InChI is InChI=1S/C15H18N2O6/c1-8(18)16-11-12(19)13-10(22-14(11)17-20)7-21-15(23-13)9-5-3-2-4-6-9/h2-6,10-13,15,19-20H,7H2,1H3,(H,16,18)/b17-14-/t10-,11-,12-,13-,15-/m1/s1. The molecule has 0 aliphatic carbocycles. The normalized spacial score (nSPS) is 35.2. The fourth-order valence-electron chi connectivity index (χ4n) is 2.75. The van der Waals surface area contributed by atoms with E-state index in [9.17, 15) is 9.90 Å². The van der Waals surface area contributed by atoms with Gasteiger partial charge in [-0.05, 0) is 0 Å². The maximum Gasteiger partial charge on any atom is 0.251 e. The monoisotopic (exact) mass is 322 g/mol. The molecule has 0 bridgehead atoms. The lowest BCUT2D eigenvalue weighted by atomic mass is 9.96. The Kier molecular flexibility index (Phi) is 4.46. The minimum atomic E-state index is -1.13. The lowest BCUT2D eigenvalue weighted by molar-refractivity contribution is -0.281. The van der Waals surface area contributed by atoms with Crippen molar-refractivity contribution in [2.45, 2.75) is 37.6 Å². The highest BCUT2D eigenvalue weighted by molar-refractivity contribution is 5.88. The topological polar surface area (TPSA) is 110 Å². The first-order chi connectivity index (χ1) is 11.1. The Bertz CT molecular complexity index is 593. The molecule has 2 aliphatic heterocycles. The largest absolute Gasteiger partial charge is 0.468 e. The summed E-state index contributed by atoms with van der Waals surface area (Å²) in [5.41, 5.74) is 0.816. The summed E-state index contributed by atoms with van der Waals surface area (Å²) < 4.78 is 16.9. The summed E-state index contributed by atoms with van der Waals surface area (Å²) in [5.74, 6) is -0.553. The molecular formula is C15H18N2O6. The van der Waals surface area contributed by atoms with E-state index in [1.165, 1.54) is 6.92 Å². The van der Waals surface area contributed by atoms with E-state index in [4.69, 9.17) is 19.4 Å². The minimum Gasteiger partial charge on any atom is -0.468 e. The molecule has 3 N–H and O–H groups in total. The number of nitrogens with zero attached hydrogens (tertiary/aromatic N) is 1. The maximum atomic E-state index is 11.3. The van der Waals surface area contributed by atoms with Crippen LogP contribution in [0.25, 0.3) is 0 Å². The summed E-state index contributed by atoms with van der Waals surface area (Å²) >= 11 is 0. The van der Waals surface area contributed by atoms with Crippen molar-refractivity contribution in [1.29, 1.82) is 0 Å². The molecule has 8 heteroatoms. The lowest BCUT2D eigenvalue weighted by Gasteiger charge is -2.44. The number of hydrogen-bond acceptors (Lipinski definition) is 7. The summed E-state index contributed by atoms with van der Waals surface area (Å²) in [6.07, 6.45) is -3.11. The average molecular weight is 322 g/mol. The van der Waals surface area contributed by atoms with Gasteiger partial charge in [-0.2, -0.15) is 0 Å². The van der Waals surface area contributed by atoms with Crippen LogP contribution in [0.2, 0.25) is 0 Å². The zero-order chi connectivity index (χ0) is 16.4. The van der Waals surface area contributed by atoms with Crippen LogP contribution in [-0.2, 0) is 19.0 Å². The van der Waals surface area contributed by atoms with Gasteiger partial charge in [0.1, 0.15) is 18.2 Å². The van der Waals surface area contributed by atoms with E-state index in [1.807, 2.05) is 30.3 Å². The van der Waals surface area contributed by atoms with E-state index in [0.29, 0.717) is 0 Å². The molecule has 8 nitrogen and oxygen atoms in total. The molecule has 2 heterocycles. The second-order valence-electron chi connectivity index (χ2n) is 5.44. The molecule has 0 radical (unpaired) electrons. The summed E-state index contributed by atoms with van der Waals surface area (Å²) in [7, 11) is 0. The smallest absolute Gasteiger partial charge is 0.251 e. The van der Waals surface area contributed by atoms with Crippen LogP contribution in [0.15, 0.2) is 35.5 Å². The highest BCUT2D eigenvalue weighted by atomic mass is 16.7. The summed E-state index contributed by atoms with van der Waals surface area (Å²) in [5, 5.41) is 25.0. The van der Waals surface area contributed by atoms with E-state index in [-0.39, 0.29) is 18.4 Å². The van der Waals surface area contributed by atoms with E-state index in [2.05, 4.69) is 10.5 Å². The Morgan fingerprint density at radius 1 is 1.35 bits per heavy atom. The molecule has 1 aromatic carbocycles. The van der Waals surface area contributed by atoms with Gasteiger partial charge < -0.3 is 29.8 Å². The van der Waals surface area contributed by atoms with Crippen LogP contribution in [0, 0.1) is 0 Å². The Balaban J connectivity index is 1.79. The van der Waals surface area contributed by atoms with Gasteiger partial charge >= 0.3 is 0 Å². The second-order valence-corrected chi connectivity index (χ2v) is 5.44. The third-order valence-electron chi connectivity index (χ3n) is 3.80. The maximum absolute atomic E-state index is 11.3. The molecule has 0 aromatic heterocycles. The van der Waals surface area contributed by atoms with Crippen LogP contribution in [0.3, 0.4) is 0 Å². The second kappa shape index (κ2) is 6.53. The first kappa shape index (κ1) is 15.7. The molecule has 0 unspecified atom stereocenters. The Morgan fingerprint density at radius 3 is 2.74 bits per heavy atom. The van der Waals surface area contributed by atoms with E-state index in [0.717, 1.165) is 5.56 Å². The molecule has 3 rings (SSSR count). The molecule has 23 heavy (non-hydrogen) atoms. The summed E-state index contributed by atoms with van der Waals surface area (Å²) in [6.45, 7) is 1.46. The van der Waals surface area contributed by atoms with Gasteiger partial charge in [-0.25, -0.2) is 0 Å². The van der Waals surface area contributed by atoms with E-state index < -0.39 is 30.6 Å². The van der Waals surface area contributed by atoms with Crippen LogP contribution in [0.1, 0.15) is 18.8 Å². The van der Waals surface area contributed by atoms with Crippen molar-refractivity contribution in [3.8, 4) is 0 Å². The number of oxime groups is 1. The van der Waals surface area contributed by atoms with Crippen LogP contribution < -0.4 is 5.32 Å². The van der Waals surface area contributed by atoms with Crippen molar-refractivity contribution in [3.63, 3.8) is 0 Å². The summed E-state index contributed by atoms with van der Waals surface area (Å²) in [4.78, 5) is 11.3. The highest BCUT2D eigenvalue weighted by Crippen LogP contribution is 2.32. The Hall–Kier alpha value is -2.16.